The first-order valence-electron chi connectivity index (χ1n) is 7.67. The number of carbonyl (C=O) groups is 2. The molecule has 1 heterocycles. The van der Waals surface area contributed by atoms with Crippen LogP contribution in [0.3, 0.4) is 0 Å². The van der Waals surface area contributed by atoms with Crippen LogP contribution in [0.4, 0.5) is 4.79 Å². The second kappa shape index (κ2) is 6.78. The minimum atomic E-state index is -1.48. The van der Waals surface area contributed by atoms with Crippen LogP contribution in [0.5, 0.6) is 0 Å². The lowest BCUT2D eigenvalue weighted by Gasteiger charge is -2.31. The minimum absolute atomic E-state index is 0.585. The van der Waals surface area contributed by atoms with Crippen LogP contribution in [0, 0.1) is 0 Å². The molecule has 0 aliphatic carbocycles. The lowest BCUT2D eigenvalue weighted by Crippen LogP contribution is -2.48. The highest BCUT2D eigenvalue weighted by Crippen LogP contribution is 2.38. The van der Waals surface area contributed by atoms with E-state index in [1.807, 2.05) is 0 Å². The van der Waals surface area contributed by atoms with Gasteiger partial charge in [0.05, 0.1) is 13.2 Å². The SMILES string of the molecule is COC(=O)[C@@H]1[C@H](O)[C@H](O)[C@@H](c2ccccc2)N1C(=O)OC(C)(C)C. The molecule has 1 fully saturated rings. The summed E-state index contributed by atoms with van der Waals surface area (Å²) in [6.45, 7) is 5.08. The standard InChI is InChI=1S/C17H23NO6/c1-17(2,3)24-16(22)18-11(10-8-6-5-7-9-10)13(19)14(20)12(18)15(21)23-4/h5-9,11-14,19-20H,1-4H3/t11-,12+,13-,14+/m1/s1. The number of hydrogen-bond acceptors (Lipinski definition) is 6. The van der Waals surface area contributed by atoms with Gasteiger partial charge in [-0.3, -0.25) is 4.90 Å². The van der Waals surface area contributed by atoms with Crippen molar-refractivity contribution in [1.82, 2.24) is 4.90 Å². The largest absolute Gasteiger partial charge is 0.467 e. The van der Waals surface area contributed by atoms with Crippen LogP contribution in [0.1, 0.15) is 32.4 Å². The number of ether oxygens (including phenoxy) is 2. The molecule has 1 aliphatic heterocycles. The molecule has 2 N–H and O–H groups in total. The highest BCUT2D eigenvalue weighted by atomic mass is 16.6. The lowest BCUT2D eigenvalue weighted by atomic mass is 10.0. The first-order valence-corrected chi connectivity index (χ1v) is 7.67. The summed E-state index contributed by atoms with van der Waals surface area (Å²) in [6, 6.07) is 6.43. The number of aliphatic hydroxyl groups is 2. The zero-order valence-electron chi connectivity index (χ0n) is 14.2. The zero-order chi connectivity index (χ0) is 18.1. The number of rotatable bonds is 2. The molecule has 1 aliphatic rings. The maximum atomic E-state index is 12.6. The Bertz CT molecular complexity index is 597. The average Bonchev–Trinajstić information content (AvgIpc) is 2.78. The van der Waals surface area contributed by atoms with Gasteiger partial charge < -0.3 is 19.7 Å². The number of likely N-dealkylation sites (tertiary alicyclic amines) is 1. The van der Waals surface area contributed by atoms with Crippen LogP contribution in [0.15, 0.2) is 30.3 Å². The third-order valence-electron chi connectivity index (χ3n) is 3.78. The molecule has 4 atom stereocenters. The number of amides is 1. The molecular weight excluding hydrogens is 314 g/mol. The number of benzene rings is 1. The van der Waals surface area contributed by atoms with Crippen molar-refractivity contribution in [3.63, 3.8) is 0 Å². The molecule has 24 heavy (non-hydrogen) atoms. The number of nitrogens with zero attached hydrogens (tertiary/aromatic N) is 1. The first kappa shape index (κ1) is 18.2. The van der Waals surface area contributed by atoms with E-state index in [1.54, 1.807) is 51.1 Å². The number of esters is 1. The summed E-state index contributed by atoms with van der Waals surface area (Å²) in [7, 11) is 1.16. The third-order valence-corrected chi connectivity index (χ3v) is 3.78. The predicted molar refractivity (Wildman–Crippen MR) is 85.1 cm³/mol. The van der Waals surface area contributed by atoms with Gasteiger partial charge in [-0.05, 0) is 26.3 Å². The highest BCUT2D eigenvalue weighted by molar-refractivity contribution is 5.83. The normalized spacial score (nSPS) is 27.0. The summed E-state index contributed by atoms with van der Waals surface area (Å²) < 4.78 is 10.0. The molecule has 0 radical (unpaired) electrons. The van der Waals surface area contributed by atoms with Crippen LogP contribution in [-0.4, -0.2) is 58.1 Å². The van der Waals surface area contributed by atoms with Gasteiger partial charge in [0.2, 0.25) is 0 Å². The molecular formula is C17H23NO6. The Morgan fingerprint density at radius 1 is 1.08 bits per heavy atom. The number of carbonyl (C=O) groups excluding carboxylic acids is 2. The van der Waals surface area contributed by atoms with E-state index in [-0.39, 0.29) is 0 Å². The van der Waals surface area contributed by atoms with Crippen molar-refractivity contribution in [2.45, 2.75) is 50.7 Å². The molecule has 7 nitrogen and oxygen atoms in total. The zero-order valence-corrected chi connectivity index (χ0v) is 14.2. The van der Waals surface area contributed by atoms with Crippen LogP contribution in [0.2, 0.25) is 0 Å². The van der Waals surface area contributed by atoms with Gasteiger partial charge in [-0.2, -0.15) is 0 Å². The summed E-state index contributed by atoms with van der Waals surface area (Å²) in [5.74, 6) is -0.814. The molecule has 132 valence electrons. The molecule has 1 saturated heterocycles. The van der Waals surface area contributed by atoms with Crippen molar-refractivity contribution in [3.05, 3.63) is 35.9 Å². The Morgan fingerprint density at radius 3 is 2.17 bits per heavy atom. The smallest absolute Gasteiger partial charge is 0.411 e. The van der Waals surface area contributed by atoms with Gasteiger partial charge in [-0.1, -0.05) is 30.3 Å². The molecule has 1 amide bonds. The van der Waals surface area contributed by atoms with Gasteiger partial charge in [-0.25, -0.2) is 9.59 Å². The summed E-state index contributed by atoms with van der Waals surface area (Å²) in [4.78, 5) is 25.8. The van der Waals surface area contributed by atoms with Crippen molar-refractivity contribution in [2.75, 3.05) is 7.11 Å². The van der Waals surface area contributed by atoms with E-state index < -0.39 is 42.0 Å². The summed E-state index contributed by atoms with van der Waals surface area (Å²) in [6.07, 6.45) is -3.62. The van der Waals surface area contributed by atoms with Gasteiger partial charge >= 0.3 is 12.1 Å². The topological polar surface area (TPSA) is 96.3 Å². The van der Waals surface area contributed by atoms with E-state index in [4.69, 9.17) is 4.74 Å². The van der Waals surface area contributed by atoms with Gasteiger partial charge in [0.25, 0.3) is 0 Å². The maximum Gasteiger partial charge on any atom is 0.411 e. The Labute approximate surface area is 140 Å². The molecule has 1 aromatic rings. The van der Waals surface area contributed by atoms with Crippen LogP contribution >= 0.6 is 0 Å². The minimum Gasteiger partial charge on any atom is -0.467 e. The Balaban J connectivity index is 2.46. The highest BCUT2D eigenvalue weighted by Gasteiger charge is 2.55. The fourth-order valence-electron chi connectivity index (χ4n) is 2.80. The van der Waals surface area contributed by atoms with Crippen molar-refractivity contribution < 1.29 is 29.3 Å². The second-order valence-corrected chi connectivity index (χ2v) is 6.69. The third kappa shape index (κ3) is 3.52. The molecule has 7 heteroatoms. The van der Waals surface area contributed by atoms with Crippen LogP contribution in [0.25, 0.3) is 0 Å². The van der Waals surface area contributed by atoms with Crippen LogP contribution < -0.4 is 0 Å². The van der Waals surface area contributed by atoms with E-state index in [0.717, 1.165) is 12.0 Å². The Kier molecular flexibility index (Phi) is 5.15. The Hall–Kier alpha value is -2.12. The fourth-order valence-corrected chi connectivity index (χ4v) is 2.80. The van der Waals surface area contributed by atoms with Gasteiger partial charge in [0.15, 0.2) is 6.04 Å². The van der Waals surface area contributed by atoms with Gasteiger partial charge in [-0.15, -0.1) is 0 Å². The summed E-state index contributed by atoms with van der Waals surface area (Å²) in [5, 5.41) is 20.7. The monoisotopic (exact) mass is 337 g/mol. The Morgan fingerprint density at radius 2 is 1.67 bits per heavy atom. The van der Waals surface area contributed by atoms with Gasteiger partial charge in [0.1, 0.15) is 17.8 Å². The van der Waals surface area contributed by atoms with Crippen molar-refractivity contribution in [1.29, 1.82) is 0 Å². The first-order chi connectivity index (χ1) is 11.2. The van der Waals surface area contributed by atoms with Crippen LogP contribution in [-0.2, 0) is 14.3 Å². The summed E-state index contributed by atoms with van der Waals surface area (Å²) >= 11 is 0. The van der Waals surface area contributed by atoms with Crippen molar-refractivity contribution in [3.8, 4) is 0 Å². The molecule has 0 bridgehead atoms. The summed E-state index contributed by atoms with van der Waals surface area (Å²) in [5.41, 5.74) is -0.210. The van der Waals surface area contributed by atoms with E-state index in [2.05, 4.69) is 4.74 Å². The number of methoxy groups -OCH3 is 1. The molecule has 0 aromatic heterocycles. The molecule has 0 spiro atoms. The van der Waals surface area contributed by atoms with E-state index in [1.165, 1.54) is 0 Å². The predicted octanol–water partition coefficient (Wildman–Crippen LogP) is 1.24. The molecule has 1 aromatic carbocycles. The lowest BCUT2D eigenvalue weighted by molar-refractivity contribution is -0.149. The van der Waals surface area contributed by atoms with Gasteiger partial charge in [0, 0.05) is 0 Å². The quantitative estimate of drug-likeness (QED) is 0.788. The van der Waals surface area contributed by atoms with E-state index in [9.17, 15) is 19.8 Å². The maximum absolute atomic E-state index is 12.6. The second-order valence-electron chi connectivity index (χ2n) is 6.69. The number of aliphatic hydroxyl groups excluding tert-OH is 2. The fraction of sp³-hybridized carbons (Fsp3) is 0.529. The molecule has 0 unspecified atom stereocenters. The average molecular weight is 337 g/mol. The van der Waals surface area contributed by atoms with E-state index >= 15 is 0 Å². The molecule has 2 rings (SSSR count). The van der Waals surface area contributed by atoms with Crippen molar-refractivity contribution in [2.24, 2.45) is 0 Å². The number of hydrogen-bond donors (Lipinski definition) is 2. The molecule has 0 saturated carbocycles. The van der Waals surface area contributed by atoms with Crippen molar-refractivity contribution >= 4 is 12.1 Å². The van der Waals surface area contributed by atoms with E-state index in [0.29, 0.717) is 5.56 Å².